The van der Waals surface area contributed by atoms with E-state index in [1.807, 2.05) is 13.0 Å². The molecule has 1 aliphatic carbocycles. The molecule has 0 saturated heterocycles. The van der Waals surface area contributed by atoms with Crippen LogP contribution in [-0.2, 0) is 10.0 Å². The second kappa shape index (κ2) is 6.90. The van der Waals surface area contributed by atoms with Crippen LogP contribution in [0, 0.1) is 5.92 Å². The van der Waals surface area contributed by atoms with Gasteiger partial charge in [0.1, 0.15) is 0 Å². The molecule has 0 aromatic heterocycles. The van der Waals surface area contributed by atoms with Gasteiger partial charge in [0.2, 0.25) is 10.0 Å². The van der Waals surface area contributed by atoms with Crippen LogP contribution in [0.3, 0.4) is 0 Å². The molecule has 1 aromatic rings. The quantitative estimate of drug-likeness (QED) is 0.878. The number of hydrogen-bond donors (Lipinski definition) is 2. The molecule has 1 aromatic carbocycles. The van der Waals surface area contributed by atoms with Gasteiger partial charge in [-0.2, -0.15) is 0 Å². The Morgan fingerprint density at radius 2 is 2.05 bits per heavy atom. The molecule has 3 atom stereocenters. The molecule has 0 heterocycles. The van der Waals surface area contributed by atoms with E-state index in [-0.39, 0.29) is 12.1 Å². The van der Waals surface area contributed by atoms with Crippen molar-refractivity contribution in [3.63, 3.8) is 0 Å². The van der Waals surface area contributed by atoms with Gasteiger partial charge in [-0.25, -0.2) is 13.1 Å². The van der Waals surface area contributed by atoms with Crippen molar-refractivity contribution in [3.05, 3.63) is 29.8 Å². The van der Waals surface area contributed by atoms with Crippen molar-refractivity contribution < 1.29 is 8.42 Å². The molecule has 118 valence electrons. The summed E-state index contributed by atoms with van der Waals surface area (Å²) in [6.07, 6.45) is 5.09. The minimum Gasteiger partial charge on any atom is -0.324 e. The van der Waals surface area contributed by atoms with Crippen molar-refractivity contribution in [2.24, 2.45) is 11.7 Å². The number of rotatable bonds is 5. The standard InChI is InChI=1S/C16H26N2O2S/c1-3-15(17)13-8-6-9-14(11-13)21(19,20)18-16-10-5-4-7-12(16)2/h6,8-9,11-12,15-16,18H,3-5,7,10,17H2,1-2H3. The van der Waals surface area contributed by atoms with E-state index in [1.54, 1.807) is 18.2 Å². The number of benzene rings is 1. The van der Waals surface area contributed by atoms with Gasteiger partial charge in [-0.3, -0.25) is 0 Å². The third kappa shape index (κ3) is 4.05. The van der Waals surface area contributed by atoms with Crippen LogP contribution in [0.25, 0.3) is 0 Å². The first-order valence-electron chi connectivity index (χ1n) is 7.82. The Balaban J connectivity index is 2.19. The second-order valence-electron chi connectivity index (χ2n) is 6.08. The third-order valence-corrected chi connectivity index (χ3v) is 5.94. The highest BCUT2D eigenvalue weighted by molar-refractivity contribution is 7.89. The van der Waals surface area contributed by atoms with Crippen LogP contribution >= 0.6 is 0 Å². The second-order valence-corrected chi connectivity index (χ2v) is 7.79. The van der Waals surface area contributed by atoms with E-state index in [0.29, 0.717) is 10.8 Å². The predicted octanol–water partition coefficient (Wildman–Crippen LogP) is 2.95. The van der Waals surface area contributed by atoms with Crippen molar-refractivity contribution in [1.29, 1.82) is 0 Å². The van der Waals surface area contributed by atoms with Crippen LogP contribution in [0.4, 0.5) is 0 Å². The Morgan fingerprint density at radius 1 is 1.33 bits per heavy atom. The summed E-state index contributed by atoms with van der Waals surface area (Å²) < 4.78 is 28.0. The summed E-state index contributed by atoms with van der Waals surface area (Å²) in [5, 5.41) is 0. The topological polar surface area (TPSA) is 72.2 Å². The summed E-state index contributed by atoms with van der Waals surface area (Å²) in [6, 6.07) is 6.92. The molecule has 3 unspecified atom stereocenters. The molecule has 1 saturated carbocycles. The Hall–Kier alpha value is -0.910. The van der Waals surface area contributed by atoms with E-state index in [9.17, 15) is 8.42 Å². The van der Waals surface area contributed by atoms with Crippen LogP contribution in [0.15, 0.2) is 29.2 Å². The SMILES string of the molecule is CCC(N)c1cccc(S(=O)(=O)NC2CCCCC2C)c1. The van der Waals surface area contributed by atoms with Gasteiger partial charge in [-0.15, -0.1) is 0 Å². The van der Waals surface area contributed by atoms with Gasteiger partial charge in [-0.05, 0) is 42.9 Å². The monoisotopic (exact) mass is 310 g/mol. The fraction of sp³-hybridized carbons (Fsp3) is 0.625. The molecule has 2 rings (SSSR count). The van der Waals surface area contributed by atoms with Crippen LogP contribution in [0.2, 0.25) is 0 Å². The Labute approximate surface area is 128 Å². The largest absolute Gasteiger partial charge is 0.324 e. The van der Waals surface area contributed by atoms with Gasteiger partial charge < -0.3 is 5.73 Å². The fourth-order valence-electron chi connectivity index (χ4n) is 2.91. The number of sulfonamides is 1. The minimum absolute atomic E-state index is 0.0484. The van der Waals surface area contributed by atoms with E-state index in [0.717, 1.165) is 31.2 Å². The summed E-state index contributed by atoms with van der Waals surface area (Å²) in [5.41, 5.74) is 6.87. The summed E-state index contributed by atoms with van der Waals surface area (Å²) in [7, 11) is -3.46. The van der Waals surface area contributed by atoms with E-state index < -0.39 is 10.0 Å². The maximum Gasteiger partial charge on any atom is 0.240 e. The molecule has 5 heteroatoms. The lowest BCUT2D eigenvalue weighted by molar-refractivity contribution is 0.310. The number of nitrogens with one attached hydrogen (secondary N) is 1. The molecule has 0 radical (unpaired) electrons. The van der Waals surface area contributed by atoms with Crippen molar-refractivity contribution in [2.45, 2.75) is 62.9 Å². The molecule has 1 aliphatic rings. The smallest absolute Gasteiger partial charge is 0.240 e. The first-order chi connectivity index (χ1) is 9.94. The van der Waals surface area contributed by atoms with Crippen LogP contribution in [0.5, 0.6) is 0 Å². The maximum atomic E-state index is 12.6. The summed E-state index contributed by atoms with van der Waals surface area (Å²) in [6.45, 7) is 4.11. The van der Waals surface area contributed by atoms with Gasteiger partial charge in [0.25, 0.3) is 0 Å². The van der Waals surface area contributed by atoms with Crippen LogP contribution in [0.1, 0.15) is 57.6 Å². The maximum absolute atomic E-state index is 12.6. The van der Waals surface area contributed by atoms with Gasteiger partial charge in [-0.1, -0.05) is 38.8 Å². The molecule has 21 heavy (non-hydrogen) atoms. The molecule has 0 bridgehead atoms. The summed E-state index contributed by atoms with van der Waals surface area (Å²) in [5.74, 6) is 0.398. The highest BCUT2D eigenvalue weighted by atomic mass is 32.2. The Bertz CT molecular complexity index is 571. The molecule has 0 spiro atoms. The lowest BCUT2D eigenvalue weighted by atomic mass is 9.87. The zero-order valence-corrected chi connectivity index (χ0v) is 13.7. The number of hydrogen-bond acceptors (Lipinski definition) is 3. The number of nitrogens with two attached hydrogens (primary N) is 1. The Kier molecular flexibility index (Phi) is 5.41. The summed E-state index contributed by atoms with van der Waals surface area (Å²) in [4.78, 5) is 0.321. The summed E-state index contributed by atoms with van der Waals surface area (Å²) >= 11 is 0. The van der Waals surface area contributed by atoms with E-state index in [2.05, 4.69) is 11.6 Å². The van der Waals surface area contributed by atoms with E-state index >= 15 is 0 Å². The molecule has 4 nitrogen and oxygen atoms in total. The highest BCUT2D eigenvalue weighted by Gasteiger charge is 2.26. The van der Waals surface area contributed by atoms with Gasteiger partial charge >= 0.3 is 0 Å². The average molecular weight is 310 g/mol. The molecule has 0 aliphatic heterocycles. The lowest BCUT2D eigenvalue weighted by Crippen LogP contribution is -2.41. The molecular formula is C16H26N2O2S. The molecule has 0 amide bonds. The Morgan fingerprint density at radius 3 is 2.71 bits per heavy atom. The van der Waals surface area contributed by atoms with E-state index in [4.69, 9.17) is 5.73 Å². The zero-order chi connectivity index (χ0) is 15.5. The van der Waals surface area contributed by atoms with Crippen molar-refractivity contribution in [3.8, 4) is 0 Å². The highest BCUT2D eigenvalue weighted by Crippen LogP contribution is 2.26. The third-order valence-electron chi connectivity index (χ3n) is 4.45. The first kappa shape index (κ1) is 16.5. The van der Waals surface area contributed by atoms with Crippen LogP contribution in [-0.4, -0.2) is 14.5 Å². The molecule has 1 fully saturated rings. The van der Waals surface area contributed by atoms with Gasteiger partial charge in [0.05, 0.1) is 4.90 Å². The zero-order valence-electron chi connectivity index (χ0n) is 12.9. The first-order valence-corrected chi connectivity index (χ1v) is 9.30. The van der Waals surface area contributed by atoms with Gasteiger partial charge in [0, 0.05) is 12.1 Å². The van der Waals surface area contributed by atoms with Crippen molar-refractivity contribution in [2.75, 3.05) is 0 Å². The van der Waals surface area contributed by atoms with Crippen molar-refractivity contribution >= 4 is 10.0 Å². The van der Waals surface area contributed by atoms with Gasteiger partial charge in [0.15, 0.2) is 0 Å². The molecule has 3 N–H and O–H groups in total. The lowest BCUT2D eigenvalue weighted by Gasteiger charge is -2.29. The van der Waals surface area contributed by atoms with Crippen LogP contribution < -0.4 is 10.5 Å². The predicted molar refractivity (Wildman–Crippen MR) is 85.4 cm³/mol. The van der Waals surface area contributed by atoms with Crippen molar-refractivity contribution in [1.82, 2.24) is 4.72 Å². The average Bonchev–Trinajstić information content (AvgIpc) is 2.49. The minimum atomic E-state index is -3.46. The fourth-order valence-corrected chi connectivity index (χ4v) is 4.34. The molecular weight excluding hydrogens is 284 g/mol. The van der Waals surface area contributed by atoms with E-state index in [1.165, 1.54) is 6.42 Å². The normalized spacial score (nSPS) is 24.7.